The Kier molecular flexibility index (Phi) is 37.3. The normalized spacial score (nSPS) is 15.8. The van der Waals surface area contributed by atoms with Crippen molar-refractivity contribution in [3.8, 4) is 0 Å². The Labute approximate surface area is 259 Å². The molecule has 0 amide bonds. The number of rotatable bonds is 13. The summed E-state index contributed by atoms with van der Waals surface area (Å²) in [5.74, 6) is 0. The Bertz CT molecular complexity index is 387. The predicted molar refractivity (Wildman–Crippen MR) is 236 cm³/mol. The molecular weight excluding hydrogens is 948 g/mol. The van der Waals surface area contributed by atoms with E-state index in [4.69, 9.17) is 7.57 Å². The topological polar surface area (TPSA) is 0 Å². The summed E-state index contributed by atoms with van der Waals surface area (Å²) >= 11 is 0. The molecule has 30 heavy (non-hydrogen) atoms. The Morgan fingerprint density at radius 1 is 0.467 bits per heavy atom. The molecule has 0 saturated carbocycles. The zero-order valence-corrected chi connectivity index (χ0v) is 46.3. The molecule has 0 saturated heterocycles. The van der Waals surface area contributed by atoms with Gasteiger partial charge in [0.1, 0.15) is 7.57 Å². The van der Waals surface area contributed by atoms with Gasteiger partial charge in [-0.05, 0) is 27.9 Å². The summed E-state index contributed by atoms with van der Waals surface area (Å²) in [6.07, 6.45) is 0. The Morgan fingerprint density at radius 2 is 0.767 bits per heavy atom. The molecule has 0 N–H and O–H groups in total. The number of hydrogen-bond donors (Lipinski definition) is 0. The first-order chi connectivity index (χ1) is 13.2. The van der Waals surface area contributed by atoms with Crippen molar-refractivity contribution in [3.63, 3.8) is 0 Å². The van der Waals surface area contributed by atoms with E-state index in [-0.39, 0.29) is 117 Å². The quantitative estimate of drug-likeness (QED) is 0.0980. The van der Waals surface area contributed by atoms with Crippen molar-refractivity contribution < 1.29 is 32.7 Å². The smallest absolute Gasteiger partial charge is 0.111 e. The van der Waals surface area contributed by atoms with Gasteiger partial charge in [-0.1, -0.05) is 34.9 Å². The maximum absolute atomic E-state index is 6.60. The third-order valence-corrected chi connectivity index (χ3v) is 133. The van der Waals surface area contributed by atoms with Crippen LogP contribution in [0.5, 0.6) is 0 Å². The maximum Gasteiger partial charge on any atom is 0.111 e. The summed E-state index contributed by atoms with van der Waals surface area (Å²) in [5.41, 5.74) is 0. The van der Waals surface area contributed by atoms with E-state index in [1.807, 2.05) is 5.14 Å². The fourth-order valence-corrected chi connectivity index (χ4v) is 226. The Morgan fingerprint density at radius 3 is 0.933 bits per heavy atom. The van der Waals surface area contributed by atoms with Crippen LogP contribution in [-0.4, -0.2) is 7.57 Å². The van der Waals surface area contributed by atoms with Crippen LogP contribution in [0.25, 0.3) is 0 Å². The van der Waals surface area contributed by atoms with Gasteiger partial charge in [-0.3, -0.25) is 0 Å². The van der Waals surface area contributed by atoms with E-state index >= 15 is 0 Å². The average Bonchev–Trinajstić information content (AvgIpc) is 2.51. The van der Waals surface area contributed by atoms with E-state index in [2.05, 4.69) is 125 Å². The maximum atomic E-state index is 6.60. The van der Waals surface area contributed by atoms with Crippen molar-refractivity contribution in [1.82, 2.24) is 0 Å². The van der Waals surface area contributed by atoms with Crippen molar-refractivity contribution in [3.05, 3.63) is 5.14 Å². The van der Waals surface area contributed by atoms with Gasteiger partial charge in [-0.2, -0.15) is 21.9 Å². The summed E-state index contributed by atoms with van der Waals surface area (Å²) in [5, 5.41) is 2.05. The van der Waals surface area contributed by atoms with Gasteiger partial charge in [0.05, 0.1) is 0 Å². The fourth-order valence-electron chi connectivity index (χ4n) is 1.67. The van der Waals surface area contributed by atoms with Gasteiger partial charge in [0.25, 0.3) is 0 Å². The van der Waals surface area contributed by atoms with E-state index < -0.39 is 0 Å². The van der Waals surface area contributed by atoms with Crippen molar-refractivity contribution in [2.45, 2.75) is 0 Å². The second kappa shape index (κ2) is 24.9. The molecule has 0 aromatic heterocycles. The molecule has 0 nitrogen and oxygen atoms in total. The molecule has 3 radical (unpaired) electrons. The molecule has 0 fully saturated rings. The summed E-state index contributed by atoms with van der Waals surface area (Å²) in [4.78, 5) is 0. The van der Waals surface area contributed by atoms with E-state index in [1.54, 1.807) is 0 Å². The molecule has 17 atom stereocenters. The average molecular weight is 977 g/mol. The van der Waals surface area contributed by atoms with Crippen LogP contribution in [0, 0.1) is 5.14 Å². The largest absolute Gasteiger partial charge is 0.207 e. The molecule has 0 aliphatic rings. The van der Waals surface area contributed by atoms with Crippen LogP contribution in [0.1, 0.15) is 0 Å². The zero-order valence-electron chi connectivity index (χ0n) is 15.6. The molecule has 0 rings (SSSR count). The van der Waals surface area contributed by atoms with Crippen LogP contribution >= 0.6 is 218 Å². The number of hydrogen-bond acceptors (Lipinski definition) is 0. The molecule has 0 spiro atoms. The second-order valence-electron chi connectivity index (χ2n) is 4.52. The standard InChI is InChI=1S/CH29BP27.Y/c2-17-28(25(11)12)20(29(26(13)14)27(15)16)1(18(21(3)4)22(5)6)19(23(7)8)24(9)10;/h17H,3-16H2;/q-1;. The molecular formula is CH29BP27Y-. The Hall–Kier alpha value is 12.8. The molecule has 0 aliphatic carbocycles. The first kappa shape index (κ1) is 44.9. The molecule has 0 bridgehead atoms. The SMILES string of the molecule is [B]PP(P(P)P)P([C-](P(P(P)P)P(P)P)P(P(P)P)P(P)P)P(P(P)P)P(P)P.[Y]. The van der Waals surface area contributed by atoms with E-state index in [1.165, 1.54) is 0 Å². The van der Waals surface area contributed by atoms with Crippen LogP contribution in [0.3, 0.4) is 0 Å². The third-order valence-electron chi connectivity index (χ3n) is 2.51. The minimum atomic E-state index is -0.167. The van der Waals surface area contributed by atoms with Gasteiger partial charge in [-0.15, -0.1) is 133 Å². The minimum absolute atomic E-state index is 0. The minimum Gasteiger partial charge on any atom is -0.207 e. The first-order valence-corrected chi connectivity index (χ1v) is 53.6. The summed E-state index contributed by atoms with van der Waals surface area (Å²) in [6, 6.07) is 0. The first-order valence-electron chi connectivity index (χ1n) is 6.60. The molecule has 29 heteroatoms. The van der Waals surface area contributed by atoms with Crippen molar-refractivity contribution in [2.24, 2.45) is 0 Å². The van der Waals surface area contributed by atoms with Crippen LogP contribution in [0.2, 0.25) is 0 Å². The van der Waals surface area contributed by atoms with Crippen LogP contribution in [0.15, 0.2) is 0 Å². The van der Waals surface area contributed by atoms with Gasteiger partial charge in [-0.25, -0.2) is 5.14 Å². The van der Waals surface area contributed by atoms with Crippen LogP contribution < -0.4 is 0 Å². The van der Waals surface area contributed by atoms with E-state index in [9.17, 15) is 0 Å². The van der Waals surface area contributed by atoms with Gasteiger partial charge >= 0.3 is 0 Å². The molecule has 0 aromatic carbocycles. The monoisotopic (exact) mass is 977 g/mol. The molecule has 0 heterocycles. The molecule has 0 aromatic rings. The van der Waals surface area contributed by atoms with Crippen molar-refractivity contribution in [1.29, 1.82) is 0 Å². The van der Waals surface area contributed by atoms with Crippen molar-refractivity contribution >= 4 is 225 Å². The van der Waals surface area contributed by atoms with Gasteiger partial charge < -0.3 is 0 Å². The second-order valence-corrected chi connectivity index (χ2v) is 103. The summed E-state index contributed by atoms with van der Waals surface area (Å²) in [7, 11) is 51.7. The van der Waals surface area contributed by atoms with Gasteiger partial charge in [0.15, 0.2) is 0 Å². The van der Waals surface area contributed by atoms with Gasteiger partial charge in [0.2, 0.25) is 0 Å². The van der Waals surface area contributed by atoms with Crippen molar-refractivity contribution in [2.75, 3.05) is 0 Å². The van der Waals surface area contributed by atoms with E-state index in [0.717, 1.165) is 0 Å². The summed E-state index contributed by atoms with van der Waals surface area (Å²) < 4.78 is 0. The predicted octanol–water partition coefficient (Wildman–Crippen LogP) is 15.2. The van der Waals surface area contributed by atoms with Crippen LogP contribution in [0.4, 0.5) is 0 Å². The Balaban J connectivity index is 0. The third kappa shape index (κ3) is 16.4. The zero-order chi connectivity index (χ0) is 23.2. The summed E-state index contributed by atoms with van der Waals surface area (Å²) in [6.45, 7) is -1.19. The fraction of sp³-hybridized carbons (Fsp3) is 0. The van der Waals surface area contributed by atoms with E-state index in [0.29, 0.717) is 8.15 Å². The van der Waals surface area contributed by atoms with Crippen LogP contribution in [-0.2, 0) is 32.7 Å². The van der Waals surface area contributed by atoms with Gasteiger partial charge in [0, 0.05) is 32.7 Å². The molecule has 175 valence electrons. The molecule has 0 aliphatic heterocycles. The molecule has 17 unspecified atom stereocenters.